The lowest BCUT2D eigenvalue weighted by Crippen LogP contribution is -2.01. The third kappa shape index (κ3) is 4.13. The van der Waals surface area contributed by atoms with Gasteiger partial charge in [-0.2, -0.15) is 0 Å². The van der Waals surface area contributed by atoms with Gasteiger partial charge in [-0.1, -0.05) is 24.3 Å². The van der Waals surface area contributed by atoms with E-state index in [1.807, 2.05) is 24.3 Å². The standard InChI is InChI=1S/C19H17FN2O/c20-18-9-2-1-8-17(18)15-10-11-19(22-14-15)23-13-5-7-16-6-3-4-12-21-16/h1-4,6,8-12,14H,5,7,13H2. The molecule has 0 N–H and O–H groups in total. The molecule has 0 aliphatic rings. The second kappa shape index (κ2) is 7.49. The van der Waals surface area contributed by atoms with E-state index in [2.05, 4.69) is 9.97 Å². The van der Waals surface area contributed by atoms with Gasteiger partial charge in [0.25, 0.3) is 0 Å². The predicted molar refractivity (Wildman–Crippen MR) is 87.7 cm³/mol. The van der Waals surface area contributed by atoms with E-state index < -0.39 is 0 Å². The molecule has 116 valence electrons. The minimum absolute atomic E-state index is 0.252. The van der Waals surface area contributed by atoms with Gasteiger partial charge < -0.3 is 4.74 Å². The minimum atomic E-state index is -0.252. The maximum atomic E-state index is 13.7. The summed E-state index contributed by atoms with van der Waals surface area (Å²) in [6, 6.07) is 16.1. The van der Waals surface area contributed by atoms with E-state index in [9.17, 15) is 4.39 Å². The molecule has 0 atom stereocenters. The zero-order valence-electron chi connectivity index (χ0n) is 12.7. The SMILES string of the molecule is Fc1ccccc1-c1ccc(OCCCc2ccccn2)nc1. The molecule has 2 aromatic heterocycles. The number of benzene rings is 1. The summed E-state index contributed by atoms with van der Waals surface area (Å²) in [5.41, 5.74) is 2.34. The molecule has 1 aromatic carbocycles. The zero-order chi connectivity index (χ0) is 15.9. The van der Waals surface area contributed by atoms with Crippen LogP contribution in [0.2, 0.25) is 0 Å². The monoisotopic (exact) mass is 308 g/mol. The van der Waals surface area contributed by atoms with Gasteiger partial charge in [0.15, 0.2) is 0 Å². The zero-order valence-corrected chi connectivity index (χ0v) is 12.7. The molecular weight excluding hydrogens is 291 g/mol. The fraction of sp³-hybridized carbons (Fsp3) is 0.158. The van der Waals surface area contributed by atoms with Gasteiger partial charge in [-0.25, -0.2) is 9.37 Å². The smallest absolute Gasteiger partial charge is 0.213 e. The Hall–Kier alpha value is -2.75. The highest BCUT2D eigenvalue weighted by atomic mass is 19.1. The van der Waals surface area contributed by atoms with Crippen molar-refractivity contribution in [1.29, 1.82) is 0 Å². The van der Waals surface area contributed by atoms with E-state index in [1.54, 1.807) is 36.7 Å². The van der Waals surface area contributed by atoms with Gasteiger partial charge in [0.2, 0.25) is 5.88 Å². The summed E-state index contributed by atoms with van der Waals surface area (Å²) in [6.07, 6.45) is 5.16. The summed E-state index contributed by atoms with van der Waals surface area (Å²) >= 11 is 0. The van der Waals surface area contributed by atoms with Crippen molar-refractivity contribution >= 4 is 0 Å². The Balaban J connectivity index is 1.53. The molecule has 0 fully saturated rings. The lowest BCUT2D eigenvalue weighted by atomic mass is 10.1. The highest BCUT2D eigenvalue weighted by molar-refractivity contribution is 5.63. The van der Waals surface area contributed by atoms with E-state index in [4.69, 9.17) is 4.74 Å². The molecule has 2 heterocycles. The number of hydrogen-bond acceptors (Lipinski definition) is 3. The first-order chi connectivity index (χ1) is 11.3. The van der Waals surface area contributed by atoms with Crippen LogP contribution in [0.1, 0.15) is 12.1 Å². The van der Waals surface area contributed by atoms with E-state index in [-0.39, 0.29) is 5.82 Å². The van der Waals surface area contributed by atoms with E-state index >= 15 is 0 Å². The molecule has 0 bridgehead atoms. The van der Waals surface area contributed by atoms with Crippen LogP contribution in [0.15, 0.2) is 67.0 Å². The Morgan fingerprint density at radius 2 is 1.78 bits per heavy atom. The first-order valence-corrected chi connectivity index (χ1v) is 7.56. The molecule has 3 aromatic rings. The van der Waals surface area contributed by atoms with Gasteiger partial charge in [-0.05, 0) is 37.1 Å². The largest absolute Gasteiger partial charge is 0.478 e. The Labute approximate surface area is 134 Å². The number of ether oxygens (including phenoxy) is 1. The van der Waals surface area contributed by atoms with Crippen LogP contribution < -0.4 is 4.74 Å². The van der Waals surface area contributed by atoms with Crippen molar-refractivity contribution in [3.8, 4) is 17.0 Å². The number of aryl methyl sites for hydroxylation is 1. The normalized spacial score (nSPS) is 10.5. The summed E-state index contributed by atoms with van der Waals surface area (Å²) in [5, 5.41) is 0. The van der Waals surface area contributed by atoms with Gasteiger partial charge in [0.1, 0.15) is 5.82 Å². The summed E-state index contributed by atoms with van der Waals surface area (Å²) in [6.45, 7) is 0.572. The molecule has 0 amide bonds. The molecule has 0 aliphatic heterocycles. The Kier molecular flexibility index (Phi) is 4.94. The number of rotatable bonds is 6. The van der Waals surface area contributed by atoms with Crippen LogP contribution in [0.4, 0.5) is 4.39 Å². The molecule has 0 radical (unpaired) electrons. The average Bonchev–Trinajstić information content (AvgIpc) is 2.61. The maximum absolute atomic E-state index is 13.7. The lowest BCUT2D eigenvalue weighted by Gasteiger charge is -2.07. The van der Waals surface area contributed by atoms with Crippen LogP contribution in [-0.4, -0.2) is 16.6 Å². The first kappa shape index (κ1) is 15.2. The van der Waals surface area contributed by atoms with Crippen molar-refractivity contribution in [1.82, 2.24) is 9.97 Å². The molecule has 0 spiro atoms. The van der Waals surface area contributed by atoms with E-state index in [0.717, 1.165) is 24.1 Å². The molecule has 0 saturated carbocycles. The van der Waals surface area contributed by atoms with Gasteiger partial charge >= 0.3 is 0 Å². The fourth-order valence-electron chi connectivity index (χ4n) is 2.30. The quantitative estimate of drug-likeness (QED) is 0.637. The second-order valence-electron chi connectivity index (χ2n) is 5.14. The Morgan fingerprint density at radius 1 is 0.913 bits per heavy atom. The molecule has 0 saturated heterocycles. The molecule has 4 heteroatoms. The number of aromatic nitrogens is 2. The van der Waals surface area contributed by atoms with Crippen molar-refractivity contribution in [2.24, 2.45) is 0 Å². The van der Waals surface area contributed by atoms with Crippen molar-refractivity contribution in [3.63, 3.8) is 0 Å². The van der Waals surface area contributed by atoms with Gasteiger partial charge in [0, 0.05) is 35.3 Å². The van der Waals surface area contributed by atoms with Crippen LogP contribution in [-0.2, 0) is 6.42 Å². The van der Waals surface area contributed by atoms with Crippen molar-refractivity contribution in [2.75, 3.05) is 6.61 Å². The number of hydrogen-bond donors (Lipinski definition) is 0. The Bertz CT molecular complexity index is 745. The molecule has 23 heavy (non-hydrogen) atoms. The maximum Gasteiger partial charge on any atom is 0.213 e. The number of pyridine rings is 2. The van der Waals surface area contributed by atoms with Gasteiger partial charge in [-0.15, -0.1) is 0 Å². The van der Waals surface area contributed by atoms with Crippen molar-refractivity contribution < 1.29 is 9.13 Å². The molecule has 3 rings (SSSR count). The predicted octanol–water partition coefficient (Wildman–Crippen LogP) is 4.29. The highest BCUT2D eigenvalue weighted by Gasteiger charge is 2.05. The number of nitrogens with zero attached hydrogens (tertiary/aromatic N) is 2. The number of halogens is 1. The van der Waals surface area contributed by atoms with Crippen LogP contribution >= 0.6 is 0 Å². The minimum Gasteiger partial charge on any atom is -0.478 e. The second-order valence-corrected chi connectivity index (χ2v) is 5.14. The molecule has 0 aliphatic carbocycles. The fourth-order valence-corrected chi connectivity index (χ4v) is 2.30. The summed E-state index contributed by atoms with van der Waals surface area (Å²) < 4.78 is 19.3. The van der Waals surface area contributed by atoms with Crippen LogP contribution in [0.25, 0.3) is 11.1 Å². The van der Waals surface area contributed by atoms with Gasteiger partial charge in [0.05, 0.1) is 6.61 Å². The highest BCUT2D eigenvalue weighted by Crippen LogP contribution is 2.23. The average molecular weight is 308 g/mol. The van der Waals surface area contributed by atoms with Crippen LogP contribution in [0.5, 0.6) is 5.88 Å². The summed E-state index contributed by atoms with van der Waals surface area (Å²) in [4.78, 5) is 8.51. The molecule has 0 unspecified atom stereocenters. The van der Waals surface area contributed by atoms with Crippen molar-refractivity contribution in [3.05, 3.63) is 78.5 Å². The van der Waals surface area contributed by atoms with Gasteiger partial charge in [-0.3, -0.25) is 4.98 Å². The third-order valence-electron chi connectivity index (χ3n) is 3.47. The van der Waals surface area contributed by atoms with Crippen LogP contribution in [0, 0.1) is 5.82 Å². The summed E-state index contributed by atoms with van der Waals surface area (Å²) in [5.74, 6) is 0.296. The van der Waals surface area contributed by atoms with E-state index in [1.165, 1.54) is 6.07 Å². The van der Waals surface area contributed by atoms with Crippen LogP contribution in [0.3, 0.4) is 0 Å². The van der Waals surface area contributed by atoms with E-state index in [0.29, 0.717) is 18.1 Å². The molecular formula is C19H17FN2O. The first-order valence-electron chi connectivity index (χ1n) is 7.56. The third-order valence-corrected chi connectivity index (χ3v) is 3.47. The molecule has 3 nitrogen and oxygen atoms in total. The topological polar surface area (TPSA) is 35.0 Å². The summed E-state index contributed by atoms with van der Waals surface area (Å²) in [7, 11) is 0. The lowest BCUT2D eigenvalue weighted by molar-refractivity contribution is 0.299. The Morgan fingerprint density at radius 3 is 2.52 bits per heavy atom. The van der Waals surface area contributed by atoms with Crippen molar-refractivity contribution in [2.45, 2.75) is 12.8 Å².